The first-order valence-corrected chi connectivity index (χ1v) is 6.89. The maximum atomic E-state index is 10.2. The fraction of sp³-hybridized carbons (Fsp3) is 1.00. The van der Waals surface area contributed by atoms with Gasteiger partial charge in [-0.25, -0.2) is 0 Å². The van der Waals surface area contributed by atoms with E-state index in [1.54, 1.807) is 0 Å². The second-order valence-corrected chi connectivity index (χ2v) is 4.80. The number of rotatable bonds is 4. The van der Waals surface area contributed by atoms with Crippen LogP contribution in [0.5, 0.6) is 0 Å². The summed E-state index contributed by atoms with van der Waals surface area (Å²) in [5.41, 5.74) is 0. The van der Waals surface area contributed by atoms with E-state index in [0.717, 1.165) is 6.42 Å². The van der Waals surface area contributed by atoms with Gasteiger partial charge < -0.3 is 9.79 Å². The lowest BCUT2D eigenvalue weighted by atomic mass is 10.4. The average Bonchev–Trinajstić information content (AvgIpc) is 1.83. The highest BCUT2D eigenvalue weighted by Gasteiger charge is 2.10. The topological polar surface area (TPSA) is 115 Å². The zero-order valence-corrected chi connectivity index (χ0v) is 9.46. The van der Waals surface area contributed by atoms with Crippen molar-refractivity contribution in [3.63, 3.8) is 0 Å². The third kappa shape index (κ3) is 32.6. The van der Waals surface area contributed by atoms with Gasteiger partial charge in [-0.05, 0) is 18.6 Å². The highest BCUT2D eigenvalue weighted by atomic mass is 32.1. The van der Waals surface area contributed by atoms with Crippen LogP contribution in [0.1, 0.15) is 12.8 Å². The SMILES string of the molecule is O=P(O)(O)CCCCS.O=[P+](O)O. The largest absolute Gasteiger partial charge is 0.692 e. The molecule has 6 nitrogen and oxygen atoms in total. The zero-order valence-electron chi connectivity index (χ0n) is 6.78. The van der Waals surface area contributed by atoms with Gasteiger partial charge >= 0.3 is 15.9 Å². The van der Waals surface area contributed by atoms with Gasteiger partial charge in [0.15, 0.2) is 0 Å². The van der Waals surface area contributed by atoms with Gasteiger partial charge in [-0.2, -0.15) is 12.6 Å². The lowest BCUT2D eigenvalue weighted by Crippen LogP contribution is -1.87. The van der Waals surface area contributed by atoms with Crippen molar-refractivity contribution in [2.24, 2.45) is 0 Å². The van der Waals surface area contributed by atoms with Crippen molar-refractivity contribution in [1.82, 2.24) is 0 Å². The molecule has 0 unspecified atom stereocenters. The molecule has 0 bridgehead atoms. The molecule has 4 N–H and O–H groups in total. The summed E-state index contributed by atoms with van der Waals surface area (Å²) in [6, 6.07) is 0. The molecule has 0 atom stereocenters. The summed E-state index contributed by atoms with van der Waals surface area (Å²) in [5, 5.41) is 0. The molecule has 0 aromatic carbocycles. The number of unbranched alkanes of at least 4 members (excludes halogenated alkanes) is 1. The predicted octanol–water partition coefficient (Wildman–Crippen LogP) is 0.502. The Labute approximate surface area is 82.5 Å². The third-order valence-electron chi connectivity index (χ3n) is 0.858. The van der Waals surface area contributed by atoms with Gasteiger partial charge in [-0.15, -0.1) is 9.79 Å². The molecule has 13 heavy (non-hydrogen) atoms. The second-order valence-electron chi connectivity index (χ2n) is 2.07. The summed E-state index contributed by atoms with van der Waals surface area (Å²) >= 11 is 3.90. The van der Waals surface area contributed by atoms with E-state index in [-0.39, 0.29) is 6.16 Å². The van der Waals surface area contributed by atoms with Crippen LogP contribution in [0, 0.1) is 0 Å². The van der Waals surface area contributed by atoms with Crippen molar-refractivity contribution >= 4 is 28.5 Å². The zero-order chi connectivity index (χ0) is 10.9. The number of hydrogen-bond donors (Lipinski definition) is 5. The van der Waals surface area contributed by atoms with Gasteiger partial charge in [0.05, 0.1) is 0 Å². The maximum Gasteiger partial charge on any atom is 0.692 e. The van der Waals surface area contributed by atoms with E-state index < -0.39 is 15.9 Å². The Kier molecular flexibility index (Phi) is 11.2. The highest BCUT2D eigenvalue weighted by Crippen LogP contribution is 2.35. The predicted molar refractivity (Wildman–Crippen MR) is 52.0 cm³/mol. The molecule has 0 spiro atoms. The van der Waals surface area contributed by atoms with Crippen molar-refractivity contribution in [3.05, 3.63) is 0 Å². The third-order valence-corrected chi connectivity index (χ3v) is 2.07. The second kappa shape index (κ2) is 9.09. The van der Waals surface area contributed by atoms with Gasteiger partial charge in [0, 0.05) is 10.7 Å². The minimum absolute atomic E-state index is 0.00639. The van der Waals surface area contributed by atoms with Crippen LogP contribution in [-0.4, -0.2) is 31.5 Å². The molecule has 0 amide bonds. The minimum Gasteiger partial charge on any atom is -0.324 e. The molecular weight excluding hydrogens is 238 g/mol. The van der Waals surface area contributed by atoms with E-state index in [1.807, 2.05) is 0 Å². The van der Waals surface area contributed by atoms with Gasteiger partial charge in [0.2, 0.25) is 0 Å². The quantitative estimate of drug-likeness (QED) is 0.282. The van der Waals surface area contributed by atoms with Crippen LogP contribution in [0.4, 0.5) is 0 Å². The molecule has 0 aromatic rings. The first kappa shape index (κ1) is 16.0. The summed E-state index contributed by atoms with van der Waals surface area (Å²) in [6.07, 6.45) is 1.33. The monoisotopic (exact) mass is 251 g/mol. The molecule has 0 rings (SSSR count). The first-order valence-electron chi connectivity index (χ1n) is 3.30. The van der Waals surface area contributed by atoms with Crippen molar-refractivity contribution < 1.29 is 28.7 Å². The van der Waals surface area contributed by atoms with E-state index in [9.17, 15) is 4.57 Å². The Bertz CT molecular complexity index is 175. The van der Waals surface area contributed by atoms with Crippen LogP contribution in [0.25, 0.3) is 0 Å². The molecule has 0 radical (unpaired) electrons. The summed E-state index contributed by atoms with van der Waals surface area (Å²) in [6.45, 7) is 0. The van der Waals surface area contributed by atoms with Crippen LogP contribution < -0.4 is 0 Å². The van der Waals surface area contributed by atoms with Gasteiger partial charge in [0.1, 0.15) is 0 Å². The van der Waals surface area contributed by atoms with Crippen molar-refractivity contribution in [3.8, 4) is 0 Å². The Morgan fingerprint density at radius 1 is 1.23 bits per heavy atom. The van der Waals surface area contributed by atoms with Crippen LogP contribution in [0.2, 0.25) is 0 Å². The molecule has 0 heterocycles. The minimum atomic E-state index is -3.73. The first-order chi connectivity index (χ1) is 5.79. The summed E-state index contributed by atoms with van der Waals surface area (Å²) in [4.78, 5) is 30.9. The molecular formula is C4H13O6P2S+. The van der Waals surface area contributed by atoms with Crippen LogP contribution >= 0.6 is 28.5 Å². The molecule has 0 aliphatic rings. The average molecular weight is 251 g/mol. The molecule has 0 saturated carbocycles. The molecule has 0 saturated heterocycles. The van der Waals surface area contributed by atoms with Crippen LogP contribution in [0.15, 0.2) is 0 Å². The van der Waals surface area contributed by atoms with Crippen molar-refractivity contribution in [1.29, 1.82) is 0 Å². The number of thiol groups is 1. The lowest BCUT2D eigenvalue weighted by Gasteiger charge is -2.00. The van der Waals surface area contributed by atoms with Crippen LogP contribution in [-0.2, 0) is 9.13 Å². The molecule has 0 aliphatic heterocycles. The Morgan fingerprint density at radius 3 is 1.85 bits per heavy atom. The van der Waals surface area contributed by atoms with E-state index in [1.165, 1.54) is 0 Å². The Balaban J connectivity index is 0. The fourth-order valence-corrected chi connectivity index (χ4v) is 1.29. The number of hydrogen-bond acceptors (Lipinski definition) is 3. The van der Waals surface area contributed by atoms with Crippen molar-refractivity contribution in [2.45, 2.75) is 12.8 Å². The Morgan fingerprint density at radius 2 is 1.62 bits per heavy atom. The molecule has 80 valence electrons. The summed E-state index contributed by atoms with van der Waals surface area (Å²) in [5.74, 6) is 0.694. The Hall–Kier alpha value is 0.520. The fourth-order valence-electron chi connectivity index (χ4n) is 0.430. The van der Waals surface area contributed by atoms with Crippen LogP contribution in [0.3, 0.4) is 0 Å². The maximum absolute atomic E-state index is 10.2. The molecule has 9 heteroatoms. The lowest BCUT2D eigenvalue weighted by molar-refractivity contribution is 0.371. The van der Waals surface area contributed by atoms with E-state index in [4.69, 9.17) is 24.1 Å². The highest BCUT2D eigenvalue weighted by molar-refractivity contribution is 7.80. The summed E-state index contributed by atoms with van der Waals surface area (Å²) < 4.78 is 18.9. The van der Waals surface area contributed by atoms with Gasteiger partial charge in [-0.3, -0.25) is 4.57 Å². The smallest absolute Gasteiger partial charge is 0.324 e. The standard InChI is InChI=1S/C4H11O3PS.HO3P/c5-8(6,7)3-1-2-4-9;1-4(2)3/h9H,1-4H2,(H2,5,6,7);(H-,1,2,3)/p+1. The molecule has 0 aromatic heterocycles. The van der Waals surface area contributed by atoms with Crippen molar-refractivity contribution in [2.75, 3.05) is 11.9 Å². The molecule has 0 fully saturated rings. The van der Waals surface area contributed by atoms with E-state index >= 15 is 0 Å². The van der Waals surface area contributed by atoms with E-state index in [2.05, 4.69) is 12.6 Å². The normalized spacial score (nSPS) is 10.2. The van der Waals surface area contributed by atoms with E-state index in [0.29, 0.717) is 12.2 Å². The van der Waals surface area contributed by atoms with Gasteiger partial charge in [-0.1, -0.05) is 0 Å². The summed E-state index contributed by atoms with van der Waals surface area (Å²) in [7, 11) is -6.60. The molecule has 0 aliphatic carbocycles. The van der Waals surface area contributed by atoms with Gasteiger partial charge in [0.25, 0.3) is 0 Å².